The van der Waals surface area contributed by atoms with E-state index in [1.165, 1.54) is 13.3 Å². The van der Waals surface area contributed by atoms with Gasteiger partial charge >= 0.3 is 0 Å². The number of benzene rings is 1. The summed E-state index contributed by atoms with van der Waals surface area (Å²) in [5.74, 6) is 0.409. The first kappa shape index (κ1) is 17.1. The molecule has 0 atom stereocenters. The zero-order valence-electron chi connectivity index (χ0n) is 14.0. The van der Waals surface area contributed by atoms with Crippen LogP contribution in [0.2, 0.25) is 0 Å². The third kappa shape index (κ3) is 4.21. The molecule has 0 aliphatic carbocycles. The molecule has 3 rings (SSSR count). The van der Waals surface area contributed by atoms with Crippen molar-refractivity contribution in [2.24, 2.45) is 0 Å². The number of methoxy groups -OCH3 is 1. The lowest BCUT2D eigenvalue weighted by molar-refractivity contribution is 0.101. The molecule has 0 radical (unpaired) electrons. The number of carbonyl (C=O) groups is 2. The summed E-state index contributed by atoms with van der Waals surface area (Å²) in [4.78, 5) is 32.3. The van der Waals surface area contributed by atoms with Crippen molar-refractivity contribution in [3.8, 4) is 5.75 Å². The Labute approximate surface area is 150 Å². The van der Waals surface area contributed by atoms with E-state index in [0.29, 0.717) is 28.4 Å². The molecule has 2 amide bonds. The summed E-state index contributed by atoms with van der Waals surface area (Å²) in [6, 6.07) is 13.3. The standard InChI is InChI=1S/C19H16N4O3/c1-26-16-4-2-3-14(11-16)19(25)23-17-6-5-15(12-21-17)22-18(24)13-7-9-20-10-8-13/h2-12H,1H3,(H,22,24)(H,21,23,25). The zero-order valence-corrected chi connectivity index (χ0v) is 14.0. The largest absolute Gasteiger partial charge is 0.497 e. The summed E-state index contributed by atoms with van der Waals surface area (Å²) in [6.07, 6.45) is 4.56. The molecule has 0 aliphatic heterocycles. The molecular weight excluding hydrogens is 332 g/mol. The lowest BCUT2D eigenvalue weighted by Crippen LogP contribution is -2.14. The van der Waals surface area contributed by atoms with Gasteiger partial charge in [-0.05, 0) is 42.5 Å². The average molecular weight is 348 g/mol. The van der Waals surface area contributed by atoms with Crippen molar-refractivity contribution in [3.05, 3.63) is 78.2 Å². The van der Waals surface area contributed by atoms with Crippen molar-refractivity contribution in [1.82, 2.24) is 9.97 Å². The number of pyridine rings is 2. The van der Waals surface area contributed by atoms with Crippen LogP contribution in [0.1, 0.15) is 20.7 Å². The number of aromatic nitrogens is 2. The van der Waals surface area contributed by atoms with Crippen molar-refractivity contribution < 1.29 is 14.3 Å². The first-order chi connectivity index (χ1) is 12.7. The molecule has 26 heavy (non-hydrogen) atoms. The summed E-state index contributed by atoms with van der Waals surface area (Å²) in [5.41, 5.74) is 1.47. The lowest BCUT2D eigenvalue weighted by atomic mass is 10.2. The number of ether oxygens (including phenoxy) is 1. The molecule has 0 spiro atoms. The summed E-state index contributed by atoms with van der Waals surface area (Å²) in [5, 5.41) is 5.42. The monoisotopic (exact) mass is 348 g/mol. The third-order valence-electron chi connectivity index (χ3n) is 3.54. The first-order valence-electron chi connectivity index (χ1n) is 7.78. The van der Waals surface area contributed by atoms with Crippen molar-refractivity contribution in [1.29, 1.82) is 0 Å². The molecular formula is C19H16N4O3. The summed E-state index contributed by atoms with van der Waals surface area (Å²) in [7, 11) is 1.54. The summed E-state index contributed by atoms with van der Waals surface area (Å²) >= 11 is 0. The molecule has 2 heterocycles. The van der Waals surface area contributed by atoms with Crippen LogP contribution < -0.4 is 15.4 Å². The van der Waals surface area contributed by atoms with Gasteiger partial charge in [-0.25, -0.2) is 4.98 Å². The van der Waals surface area contributed by atoms with Crippen molar-refractivity contribution in [2.75, 3.05) is 17.7 Å². The highest BCUT2D eigenvalue weighted by molar-refractivity contribution is 6.05. The predicted molar refractivity (Wildman–Crippen MR) is 97.4 cm³/mol. The average Bonchev–Trinajstić information content (AvgIpc) is 2.70. The van der Waals surface area contributed by atoms with Gasteiger partial charge in [0.05, 0.1) is 19.0 Å². The Morgan fingerprint density at radius 3 is 2.38 bits per heavy atom. The van der Waals surface area contributed by atoms with Crippen LogP contribution in [0, 0.1) is 0 Å². The zero-order chi connectivity index (χ0) is 18.4. The van der Waals surface area contributed by atoms with Crippen LogP contribution in [0.3, 0.4) is 0 Å². The van der Waals surface area contributed by atoms with Crippen LogP contribution in [0.15, 0.2) is 67.1 Å². The molecule has 0 unspecified atom stereocenters. The number of nitrogens with zero attached hydrogens (tertiary/aromatic N) is 2. The van der Waals surface area contributed by atoms with Crippen LogP contribution in [-0.2, 0) is 0 Å². The minimum atomic E-state index is -0.301. The van der Waals surface area contributed by atoms with Crippen molar-refractivity contribution in [2.45, 2.75) is 0 Å². The minimum absolute atomic E-state index is 0.262. The van der Waals surface area contributed by atoms with Gasteiger partial charge in [-0.1, -0.05) is 6.07 Å². The molecule has 0 bridgehead atoms. The highest BCUT2D eigenvalue weighted by Crippen LogP contribution is 2.15. The van der Waals surface area contributed by atoms with Gasteiger partial charge in [0.25, 0.3) is 11.8 Å². The van der Waals surface area contributed by atoms with E-state index in [0.717, 1.165) is 0 Å². The second-order valence-corrected chi connectivity index (χ2v) is 5.31. The number of nitrogens with one attached hydrogen (secondary N) is 2. The Hall–Kier alpha value is -3.74. The Morgan fingerprint density at radius 2 is 1.69 bits per heavy atom. The van der Waals surface area contributed by atoms with Gasteiger partial charge in [-0.2, -0.15) is 0 Å². The number of hydrogen-bond donors (Lipinski definition) is 2. The highest BCUT2D eigenvalue weighted by Gasteiger charge is 2.09. The normalized spacial score (nSPS) is 10.0. The summed E-state index contributed by atoms with van der Waals surface area (Å²) in [6.45, 7) is 0. The van der Waals surface area contributed by atoms with Crippen LogP contribution in [0.5, 0.6) is 5.75 Å². The van der Waals surface area contributed by atoms with Gasteiger partial charge in [0.15, 0.2) is 0 Å². The van der Waals surface area contributed by atoms with Gasteiger partial charge in [0.1, 0.15) is 11.6 Å². The Morgan fingerprint density at radius 1 is 0.923 bits per heavy atom. The molecule has 3 aromatic rings. The topological polar surface area (TPSA) is 93.2 Å². The van der Waals surface area contributed by atoms with Crippen LogP contribution in [-0.4, -0.2) is 28.9 Å². The number of hydrogen-bond acceptors (Lipinski definition) is 5. The fourth-order valence-electron chi connectivity index (χ4n) is 2.20. The summed E-state index contributed by atoms with van der Waals surface area (Å²) < 4.78 is 5.10. The van der Waals surface area contributed by atoms with Crippen molar-refractivity contribution >= 4 is 23.3 Å². The van der Waals surface area contributed by atoms with Gasteiger partial charge in [0.2, 0.25) is 0 Å². The highest BCUT2D eigenvalue weighted by atomic mass is 16.5. The number of carbonyl (C=O) groups excluding carboxylic acids is 2. The third-order valence-corrected chi connectivity index (χ3v) is 3.54. The van der Waals surface area contributed by atoms with Crippen LogP contribution >= 0.6 is 0 Å². The molecule has 0 aliphatic rings. The molecule has 130 valence electrons. The molecule has 1 aromatic carbocycles. The maximum absolute atomic E-state index is 12.2. The molecule has 0 fully saturated rings. The smallest absolute Gasteiger partial charge is 0.256 e. The van der Waals surface area contributed by atoms with Gasteiger partial charge in [-0.3, -0.25) is 14.6 Å². The minimum Gasteiger partial charge on any atom is -0.497 e. The molecule has 0 saturated carbocycles. The molecule has 0 saturated heterocycles. The second kappa shape index (κ2) is 7.89. The Balaban J connectivity index is 1.64. The molecule has 2 N–H and O–H groups in total. The quantitative estimate of drug-likeness (QED) is 0.739. The number of amides is 2. The van der Waals surface area contributed by atoms with Gasteiger partial charge < -0.3 is 15.4 Å². The SMILES string of the molecule is COc1cccc(C(=O)Nc2ccc(NC(=O)c3ccncc3)cn2)c1. The van der Waals surface area contributed by atoms with E-state index < -0.39 is 0 Å². The second-order valence-electron chi connectivity index (χ2n) is 5.31. The van der Waals surface area contributed by atoms with E-state index in [-0.39, 0.29) is 11.8 Å². The Kier molecular flexibility index (Phi) is 5.19. The van der Waals surface area contributed by atoms with Crippen molar-refractivity contribution in [3.63, 3.8) is 0 Å². The number of anilines is 2. The predicted octanol–water partition coefficient (Wildman–Crippen LogP) is 2.99. The lowest BCUT2D eigenvalue weighted by Gasteiger charge is -2.08. The van der Waals surface area contributed by atoms with Gasteiger partial charge in [0, 0.05) is 23.5 Å². The molecule has 2 aromatic heterocycles. The Bertz CT molecular complexity index is 912. The van der Waals surface area contributed by atoms with E-state index in [2.05, 4.69) is 20.6 Å². The van der Waals surface area contributed by atoms with E-state index in [1.54, 1.807) is 60.9 Å². The number of rotatable bonds is 5. The van der Waals surface area contributed by atoms with Crippen LogP contribution in [0.25, 0.3) is 0 Å². The van der Waals surface area contributed by atoms with Gasteiger partial charge in [-0.15, -0.1) is 0 Å². The van der Waals surface area contributed by atoms with E-state index >= 15 is 0 Å². The maximum Gasteiger partial charge on any atom is 0.256 e. The fraction of sp³-hybridized carbons (Fsp3) is 0.0526. The fourth-order valence-corrected chi connectivity index (χ4v) is 2.20. The maximum atomic E-state index is 12.2. The van der Waals surface area contributed by atoms with E-state index in [1.807, 2.05) is 0 Å². The van der Waals surface area contributed by atoms with Crippen LogP contribution in [0.4, 0.5) is 11.5 Å². The molecule has 7 heteroatoms. The molecule has 7 nitrogen and oxygen atoms in total. The van der Waals surface area contributed by atoms with E-state index in [4.69, 9.17) is 4.74 Å². The first-order valence-corrected chi connectivity index (χ1v) is 7.78. The van der Waals surface area contributed by atoms with E-state index in [9.17, 15) is 9.59 Å².